The number of nitrogens with zero attached hydrogens (tertiary/aromatic N) is 1. The Kier molecular flexibility index (Phi) is 5.83. The fraction of sp³-hybridized carbons (Fsp3) is 0.111. The molecular formula is C18H15ClN2O3. The molecule has 2 rings (SSSR count). The molecule has 0 heterocycles. The second kappa shape index (κ2) is 8.04. The molecule has 0 fully saturated rings. The maximum Gasteiger partial charge on any atom is 0.266 e. The van der Waals surface area contributed by atoms with Gasteiger partial charge in [-0.15, -0.1) is 0 Å². The molecule has 2 aromatic carbocycles. The smallest absolute Gasteiger partial charge is 0.266 e. The van der Waals surface area contributed by atoms with Gasteiger partial charge in [0.1, 0.15) is 23.1 Å². The van der Waals surface area contributed by atoms with Crippen LogP contribution in [0.5, 0.6) is 11.5 Å². The fourth-order valence-electron chi connectivity index (χ4n) is 2.02. The van der Waals surface area contributed by atoms with Crippen LogP contribution in [-0.2, 0) is 4.79 Å². The van der Waals surface area contributed by atoms with E-state index in [-0.39, 0.29) is 5.57 Å². The molecule has 6 heteroatoms. The lowest BCUT2D eigenvalue weighted by atomic mass is 10.1. The van der Waals surface area contributed by atoms with E-state index in [1.54, 1.807) is 36.4 Å². The molecule has 0 aliphatic rings. The van der Waals surface area contributed by atoms with E-state index < -0.39 is 5.91 Å². The molecule has 122 valence electrons. The summed E-state index contributed by atoms with van der Waals surface area (Å²) in [5.74, 6) is 0.368. The molecule has 0 aromatic heterocycles. The van der Waals surface area contributed by atoms with E-state index in [1.807, 2.05) is 12.1 Å². The molecule has 0 spiro atoms. The average Bonchev–Trinajstić information content (AvgIpc) is 2.60. The monoisotopic (exact) mass is 342 g/mol. The highest BCUT2D eigenvalue weighted by Crippen LogP contribution is 2.33. The van der Waals surface area contributed by atoms with Crippen LogP contribution in [0.3, 0.4) is 0 Å². The summed E-state index contributed by atoms with van der Waals surface area (Å²) in [7, 11) is 2.97. The third kappa shape index (κ3) is 4.06. The first-order valence-electron chi connectivity index (χ1n) is 6.98. The third-order valence-corrected chi connectivity index (χ3v) is 3.50. The van der Waals surface area contributed by atoms with Crippen molar-refractivity contribution < 1.29 is 14.3 Å². The Balaban J connectivity index is 2.35. The van der Waals surface area contributed by atoms with Gasteiger partial charge >= 0.3 is 0 Å². The van der Waals surface area contributed by atoms with Crippen molar-refractivity contribution in [1.29, 1.82) is 5.26 Å². The number of hydrogen-bond donors (Lipinski definition) is 1. The second-order valence-electron chi connectivity index (χ2n) is 4.72. The molecule has 1 amide bonds. The van der Waals surface area contributed by atoms with Crippen molar-refractivity contribution in [3.05, 3.63) is 58.6 Å². The number of carbonyl (C=O) groups is 1. The lowest BCUT2D eigenvalue weighted by molar-refractivity contribution is -0.112. The van der Waals surface area contributed by atoms with Gasteiger partial charge in [0, 0.05) is 17.3 Å². The second-order valence-corrected chi connectivity index (χ2v) is 5.13. The maximum atomic E-state index is 12.3. The van der Waals surface area contributed by atoms with E-state index in [0.717, 1.165) is 0 Å². The number of nitriles is 1. The summed E-state index contributed by atoms with van der Waals surface area (Å²) < 4.78 is 10.4. The number of nitrogens with one attached hydrogen (secondary N) is 1. The summed E-state index contributed by atoms with van der Waals surface area (Å²) in [6.07, 6.45) is 1.42. The van der Waals surface area contributed by atoms with Gasteiger partial charge < -0.3 is 14.8 Å². The minimum absolute atomic E-state index is 0.0709. The molecule has 0 atom stereocenters. The molecule has 0 aliphatic heterocycles. The summed E-state index contributed by atoms with van der Waals surface area (Å²) in [6, 6.07) is 13.9. The zero-order chi connectivity index (χ0) is 17.5. The Bertz CT molecular complexity index is 811. The van der Waals surface area contributed by atoms with E-state index in [1.165, 1.54) is 20.3 Å². The Hall–Kier alpha value is -2.97. The minimum Gasteiger partial charge on any atom is -0.496 e. The molecule has 5 nitrogen and oxygen atoms in total. The van der Waals surface area contributed by atoms with E-state index in [2.05, 4.69) is 5.32 Å². The molecule has 0 saturated heterocycles. The van der Waals surface area contributed by atoms with Crippen LogP contribution in [0.15, 0.2) is 48.0 Å². The van der Waals surface area contributed by atoms with Gasteiger partial charge in [-0.3, -0.25) is 4.79 Å². The summed E-state index contributed by atoms with van der Waals surface area (Å²) in [4.78, 5) is 12.3. The quantitative estimate of drug-likeness (QED) is 0.660. The highest BCUT2D eigenvalue weighted by molar-refractivity contribution is 6.32. The number of halogens is 1. The van der Waals surface area contributed by atoms with E-state index in [0.29, 0.717) is 27.8 Å². The van der Waals surface area contributed by atoms with Crippen LogP contribution in [0, 0.1) is 11.3 Å². The number of anilines is 1. The minimum atomic E-state index is -0.516. The number of carbonyl (C=O) groups excluding carboxylic acids is 1. The Labute approximate surface area is 145 Å². The van der Waals surface area contributed by atoms with Gasteiger partial charge in [0.15, 0.2) is 0 Å². The molecular weight excluding hydrogens is 328 g/mol. The van der Waals surface area contributed by atoms with Gasteiger partial charge in [-0.05, 0) is 24.3 Å². The summed E-state index contributed by atoms with van der Waals surface area (Å²) in [6.45, 7) is 0. The van der Waals surface area contributed by atoms with Crippen molar-refractivity contribution in [2.45, 2.75) is 0 Å². The van der Waals surface area contributed by atoms with Crippen LogP contribution in [0.2, 0.25) is 5.02 Å². The molecule has 2 aromatic rings. The summed E-state index contributed by atoms with van der Waals surface area (Å²) in [5.41, 5.74) is 1.03. The van der Waals surface area contributed by atoms with Crippen molar-refractivity contribution in [2.75, 3.05) is 19.5 Å². The normalized spacial score (nSPS) is 10.7. The molecule has 0 unspecified atom stereocenters. The SMILES string of the molecule is COc1cc(OC)c(/C=C(\C#N)C(=O)Nc2ccccc2)cc1Cl. The Morgan fingerprint density at radius 3 is 2.42 bits per heavy atom. The first-order chi connectivity index (χ1) is 11.6. The maximum absolute atomic E-state index is 12.3. The Morgan fingerprint density at radius 2 is 1.83 bits per heavy atom. The van der Waals surface area contributed by atoms with Gasteiger partial charge in [0.2, 0.25) is 0 Å². The van der Waals surface area contributed by atoms with Gasteiger partial charge in [0.25, 0.3) is 5.91 Å². The van der Waals surface area contributed by atoms with Crippen molar-refractivity contribution in [3.8, 4) is 17.6 Å². The van der Waals surface area contributed by atoms with E-state index in [9.17, 15) is 10.1 Å². The van der Waals surface area contributed by atoms with Gasteiger partial charge in [-0.1, -0.05) is 29.8 Å². The fourth-order valence-corrected chi connectivity index (χ4v) is 2.27. The summed E-state index contributed by atoms with van der Waals surface area (Å²) >= 11 is 6.10. The van der Waals surface area contributed by atoms with Crippen LogP contribution in [-0.4, -0.2) is 20.1 Å². The largest absolute Gasteiger partial charge is 0.496 e. The molecule has 0 aliphatic carbocycles. The molecule has 0 radical (unpaired) electrons. The van der Waals surface area contributed by atoms with Crippen LogP contribution in [0.4, 0.5) is 5.69 Å². The molecule has 0 saturated carbocycles. The number of ether oxygens (including phenoxy) is 2. The van der Waals surface area contributed by atoms with Crippen molar-refractivity contribution in [3.63, 3.8) is 0 Å². The highest BCUT2D eigenvalue weighted by Gasteiger charge is 2.13. The number of para-hydroxylation sites is 1. The number of benzene rings is 2. The van der Waals surface area contributed by atoms with E-state index in [4.69, 9.17) is 21.1 Å². The predicted molar refractivity (Wildman–Crippen MR) is 93.2 cm³/mol. The zero-order valence-electron chi connectivity index (χ0n) is 13.2. The molecule has 0 bridgehead atoms. The van der Waals surface area contributed by atoms with Crippen LogP contribution in [0.1, 0.15) is 5.56 Å². The van der Waals surface area contributed by atoms with Gasteiger partial charge in [-0.25, -0.2) is 0 Å². The van der Waals surface area contributed by atoms with E-state index >= 15 is 0 Å². The number of rotatable bonds is 5. The topological polar surface area (TPSA) is 71.3 Å². The first kappa shape index (κ1) is 17.4. The van der Waals surface area contributed by atoms with Gasteiger partial charge in [0.05, 0.1) is 19.2 Å². The van der Waals surface area contributed by atoms with Crippen molar-refractivity contribution >= 4 is 29.3 Å². The molecule has 1 N–H and O–H groups in total. The zero-order valence-corrected chi connectivity index (χ0v) is 13.9. The van der Waals surface area contributed by atoms with Crippen LogP contribution in [0.25, 0.3) is 6.08 Å². The highest BCUT2D eigenvalue weighted by atomic mass is 35.5. The Morgan fingerprint density at radius 1 is 1.17 bits per heavy atom. The lowest BCUT2D eigenvalue weighted by Gasteiger charge is -2.10. The lowest BCUT2D eigenvalue weighted by Crippen LogP contribution is -2.13. The van der Waals surface area contributed by atoms with Crippen molar-refractivity contribution in [1.82, 2.24) is 0 Å². The number of hydrogen-bond acceptors (Lipinski definition) is 4. The van der Waals surface area contributed by atoms with Crippen molar-refractivity contribution in [2.24, 2.45) is 0 Å². The van der Waals surface area contributed by atoms with Crippen LogP contribution >= 0.6 is 11.6 Å². The van der Waals surface area contributed by atoms with Gasteiger partial charge in [-0.2, -0.15) is 5.26 Å². The standard InChI is InChI=1S/C18H15ClN2O3/c1-23-16-10-17(24-2)15(19)9-12(16)8-13(11-20)18(22)21-14-6-4-3-5-7-14/h3-10H,1-2H3,(H,21,22)/b13-8+. The molecule has 24 heavy (non-hydrogen) atoms. The predicted octanol–water partition coefficient (Wildman–Crippen LogP) is 3.90. The summed E-state index contributed by atoms with van der Waals surface area (Å²) in [5, 5.41) is 12.3. The van der Waals surface area contributed by atoms with Crippen LogP contribution < -0.4 is 14.8 Å². The third-order valence-electron chi connectivity index (χ3n) is 3.20. The number of amides is 1. The average molecular weight is 343 g/mol. The first-order valence-corrected chi connectivity index (χ1v) is 7.36. The number of methoxy groups -OCH3 is 2.